The summed E-state index contributed by atoms with van der Waals surface area (Å²) >= 11 is 3.48. The van der Waals surface area contributed by atoms with Crippen molar-refractivity contribution in [2.75, 3.05) is 11.5 Å². The molecule has 1 N–H and O–H groups in total. The molecule has 1 fully saturated rings. The van der Waals surface area contributed by atoms with Gasteiger partial charge in [0.1, 0.15) is 12.2 Å². The van der Waals surface area contributed by atoms with Gasteiger partial charge in [-0.1, -0.05) is 35.9 Å². The Kier molecular flexibility index (Phi) is 7.87. The van der Waals surface area contributed by atoms with Crippen molar-refractivity contribution < 1.29 is 28.8 Å². The Labute approximate surface area is 226 Å². The number of barbiturate groups is 1. The van der Waals surface area contributed by atoms with E-state index in [4.69, 9.17) is 9.47 Å². The maximum absolute atomic E-state index is 13.2. The fraction of sp³-hybridized carbons (Fsp3) is 0.148. The summed E-state index contributed by atoms with van der Waals surface area (Å²) in [6.45, 7) is 4.43. The van der Waals surface area contributed by atoms with Gasteiger partial charge in [-0.3, -0.25) is 25.0 Å². The molecule has 4 amide bonds. The van der Waals surface area contributed by atoms with Crippen molar-refractivity contribution in [1.82, 2.24) is 5.32 Å². The number of non-ortho nitro benzene ring substituents is 1. The van der Waals surface area contributed by atoms with Gasteiger partial charge in [0.05, 0.1) is 21.7 Å². The molecule has 11 heteroatoms. The van der Waals surface area contributed by atoms with Crippen molar-refractivity contribution >= 4 is 51.2 Å². The molecule has 38 heavy (non-hydrogen) atoms. The van der Waals surface area contributed by atoms with Crippen LogP contribution < -0.4 is 19.7 Å². The van der Waals surface area contributed by atoms with Crippen molar-refractivity contribution in [1.29, 1.82) is 0 Å². The molecular formula is C27H22BrN3O7. The number of rotatable bonds is 8. The van der Waals surface area contributed by atoms with Crippen LogP contribution in [0.3, 0.4) is 0 Å². The van der Waals surface area contributed by atoms with E-state index >= 15 is 0 Å². The molecule has 0 aliphatic carbocycles. The number of carbonyl (C=O) groups excluding carboxylic acids is 3. The molecule has 0 saturated carbocycles. The molecule has 0 spiro atoms. The molecule has 0 aromatic heterocycles. The molecule has 4 rings (SSSR count). The maximum Gasteiger partial charge on any atom is 0.335 e. The second-order valence-electron chi connectivity index (χ2n) is 8.28. The molecule has 0 unspecified atom stereocenters. The summed E-state index contributed by atoms with van der Waals surface area (Å²) in [5, 5.41) is 13.3. The summed E-state index contributed by atoms with van der Waals surface area (Å²) in [4.78, 5) is 49.5. The number of ether oxygens (including phenoxy) is 2. The molecule has 194 valence electrons. The Balaban J connectivity index is 1.67. The molecule has 0 atom stereocenters. The number of halogens is 1. The minimum absolute atomic E-state index is 0.0452. The van der Waals surface area contributed by atoms with E-state index in [0.29, 0.717) is 39.6 Å². The predicted octanol–water partition coefficient (Wildman–Crippen LogP) is 5.31. The molecular weight excluding hydrogens is 558 g/mol. The number of nitrogens with zero attached hydrogens (tertiary/aromatic N) is 2. The monoisotopic (exact) mass is 579 g/mol. The van der Waals surface area contributed by atoms with E-state index < -0.39 is 22.8 Å². The Morgan fingerprint density at radius 3 is 2.53 bits per heavy atom. The standard InChI is InChI=1S/C27H22BrN3O7/c1-3-37-23-13-18(12-22(28)24(23)38-15-17-7-4-6-16(2)10-17)11-21-25(32)29-27(34)30(26(21)33)19-8-5-9-20(14-19)31(35)36/h4-14H,3,15H2,1-2H3,(H,29,32,34)/b21-11+. The Hall–Kier alpha value is -4.51. The lowest BCUT2D eigenvalue weighted by atomic mass is 10.1. The van der Waals surface area contributed by atoms with E-state index in [2.05, 4.69) is 21.2 Å². The normalized spacial score (nSPS) is 14.4. The fourth-order valence-electron chi connectivity index (χ4n) is 3.84. The first kappa shape index (κ1) is 26.6. The van der Waals surface area contributed by atoms with Gasteiger partial charge in [0.25, 0.3) is 17.5 Å². The summed E-state index contributed by atoms with van der Waals surface area (Å²) in [7, 11) is 0. The lowest BCUT2D eigenvalue weighted by molar-refractivity contribution is -0.384. The van der Waals surface area contributed by atoms with Crippen LogP contribution in [-0.4, -0.2) is 29.4 Å². The van der Waals surface area contributed by atoms with Crippen molar-refractivity contribution in [3.05, 3.63) is 97.5 Å². The van der Waals surface area contributed by atoms with Crippen LogP contribution in [0.4, 0.5) is 16.2 Å². The third-order valence-corrected chi connectivity index (χ3v) is 6.10. The number of benzene rings is 3. The number of aryl methyl sites for hydroxylation is 1. The van der Waals surface area contributed by atoms with Crippen LogP contribution in [0, 0.1) is 17.0 Å². The second-order valence-corrected chi connectivity index (χ2v) is 9.13. The van der Waals surface area contributed by atoms with Crippen LogP contribution in [0.5, 0.6) is 11.5 Å². The highest BCUT2D eigenvalue weighted by Gasteiger charge is 2.37. The van der Waals surface area contributed by atoms with E-state index in [1.807, 2.05) is 38.1 Å². The first-order valence-corrected chi connectivity index (χ1v) is 12.3. The molecule has 1 aliphatic rings. The highest BCUT2D eigenvalue weighted by molar-refractivity contribution is 9.10. The quantitative estimate of drug-likeness (QED) is 0.166. The smallest absolute Gasteiger partial charge is 0.335 e. The molecule has 3 aromatic carbocycles. The lowest BCUT2D eigenvalue weighted by Crippen LogP contribution is -2.54. The Morgan fingerprint density at radius 2 is 1.82 bits per heavy atom. The number of imide groups is 2. The third-order valence-electron chi connectivity index (χ3n) is 5.51. The van der Waals surface area contributed by atoms with Crippen molar-refractivity contribution in [3.63, 3.8) is 0 Å². The van der Waals surface area contributed by atoms with E-state index in [0.717, 1.165) is 17.2 Å². The van der Waals surface area contributed by atoms with Crippen LogP contribution >= 0.6 is 15.9 Å². The number of amides is 4. The minimum Gasteiger partial charge on any atom is -0.490 e. The van der Waals surface area contributed by atoms with Crippen LogP contribution in [0.2, 0.25) is 0 Å². The van der Waals surface area contributed by atoms with Gasteiger partial charge in [-0.25, -0.2) is 9.69 Å². The fourth-order valence-corrected chi connectivity index (χ4v) is 4.41. The van der Waals surface area contributed by atoms with Gasteiger partial charge in [0.2, 0.25) is 0 Å². The van der Waals surface area contributed by atoms with Crippen LogP contribution in [-0.2, 0) is 16.2 Å². The Bertz CT molecular complexity index is 1490. The molecule has 0 radical (unpaired) electrons. The largest absolute Gasteiger partial charge is 0.490 e. The SMILES string of the molecule is CCOc1cc(/C=C2\C(=O)NC(=O)N(c3cccc([N+](=O)[O-])c3)C2=O)cc(Br)c1OCc1cccc(C)c1. The highest BCUT2D eigenvalue weighted by atomic mass is 79.9. The highest BCUT2D eigenvalue weighted by Crippen LogP contribution is 2.38. The van der Waals surface area contributed by atoms with Gasteiger partial charge in [0.15, 0.2) is 11.5 Å². The van der Waals surface area contributed by atoms with Crippen molar-refractivity contribution in [2.45, 2.75) is 20.5 Å². The average molecular weight is 580 g/mol. The zero-order valence-corrected chi connectivity index (χ0v) is 22.0. The number of urea groups is 1. The predicted molar refractivity (Wildman–Crippen MR) is 143 cm³/mol. The number of hydrogen-bond acceptors (Lipinski definition) is 7. The number of nitro benzene ring substituents is 1. The van der Waals surface area contributed by atoms with Gasteiger partial charge < -0.3 is 9.47 Å². The molecule has 3 aromatic rings. The van der Waals surface area contributed by atoms with E-state index in [-0.39, 0.29) is 16.9 Å². The van der Waals surface area contributed by atoms with Crippen LogP contribution in [0.15, 0.2) is 70.7 Å². The average Bonchev–Trinajstić information content (AvgIpc) is 2.86. The molecule has 1 aliphatic heterocycles. The minimum atomic E-state index is -1.01. The van der Waals surface area contributed by atoms with Gasteiger partial charge in [-0.15, -0.1) is 0 Å². The summed E-state index contributed by atoms with van der Waals surface area (Å²) < 4.78 is 12.3. The molecule has 10 nitrogen and oxygen atoms in total. The van der Waals surface area contributed by atoms with E-state index in [1.54, 1.807) is 12.1 Å². The van der Waals surface area contributed by atoms with Crippen LogP contribution in [0.25, 0.3) is 6.08 Å². The van der Waals surface area contributed by atoms with Gasteiger partial charge >= 0.3 is 6.03 Å². The molecule has 1 saturated heterocycles. The molecule has 0 bridgehead atoms. The van der Waals surface area contributed by atoms with Crippen molar-refractivity contribution in [2.24, 2.45) is 0 Å². The zero-order valence-electron chi connectivity index (χ0n) is 20.4. The Morgan fingerprint density at radius 1 is 1.05 bits per heavy atom. The number of hydrogen-bond donors (Lipinski definition) is 1. The maximum atomic E-state index is 13.2. The van der Waals surface area contributed by atoms with Gasteiger partial charge in [-0.2, -0.15) is 0 Å². The zero-order chi connectivity index (χ0) is 27.4. The summed E-state index contributed by atoms with van der Waals surface area (Å²) in [5.41, 5.74) is 1.81. The topological polar surface area (TPSA) is 128 Å². The third kappa shape index (κ3) is 5.73. The number of anilines is 1. The van der Waals surface area contributed by atoms with Crippen molar-refractivity contribution in [3.8, 4) is 11.5 Å². The van der Waals surface area contributed by atoms with E-state index in [1.165, 1.54) is 24.3 Å². The number of nitrogens with one attached hydrogen (secondary N) is 1. The number of carbonyl (C=O) groups is 3. The summed E-state index contributed by atoms with van der Waals surface area (Å²) in [6, 6.07) is 15.2. The number of nitro groups is 1. The summed E-state index contributed by atoms with van der Waals surface area (Å²) in [6.07, 6.45) is 1.31. The molecule has 1 heterocycles. The lowest BCUT2D eigenvalue weighted by Gasteiger charge is -2.26. The first-order chi connectivity index (χ1) is 18.2. The van der Waals surface area contributed by atoms with Gasteiger partial charge in [0, 0.05) is 12.1 Å². The second kappa shape index (κ2) is 11.3. The summed E-state index contributed by atoms with van der Waals surface area (Å²) in [5.74, 6) is -0.983. The van der Waals surface area contributed by atoms with Crippen LogP contribution in [0.1, 0.15) is 23.6 Å². The van der Waals surface area contributed by atoms with Gasteiger partial charge in [-0.05, 0) is 65.2 Å². The van der Waals surface area contributed by atoms with E-state index in [9.17, 15) is 24.5 Å². The first-order valence-electron chi connectivity index (χ1n) is 11.5.